The van der Waals surface area contributed by atoms with E-state index in [-0.39, 0.29) is 6.61 Å². The predicted molar refractivity (Wildman–Crippen MR) is 79.2 cm³/mol. The van der Waals surface area contributed by atoms with Crippen LogP contribution < -0.4 is 5.73 Å². The second kappa shape index (κ2) is 5.21. The Morgan fingerprint density at radius 3 is 3.05 bits per heavy atom. The number of aryl methyl sites for hydroxylation is 2. The molecular formula is C13H15N5O2S. The third kappa shape index (κ3) is 2.38. The van der Waals surface area contributed by atoms with Crippen LogP contribution in [0, 0.1) is 6.92 Å². The fourth-order valence-corrected chi connectivity index (χ4v) is 2.81. The summed E-state index contributed by atoms with van der Waals surface area (Å²) in [5.74, 6) is -0.480. The van der Waals surface area contributed by atoms with Crippen LogP contribution in [0.15, 0.2) is 17.8 Å². The van der Waals surface area contributed by atoms with Crippen molar-refractivity contribution >= 4 is 28.0 Å². The number of hydrogen-bond acceptors (Lipinski definition) is 6. The summed E-state index contributed by atoms with van der Waals surface area (Å²) in [6.07, 6.45) is 3.75. The molecule has 0 unspecified atom stereocenters. The minimum absolute atomic E-state index is 0.112. The maximum Gasteiger partial charge on any atom is 0.359 e. The van der Waals surface area contributed by atoms with Crippen LogP contribution in [-0.4, -0.2) is 25.1 Å². The van der Waals surface area contributed by atoms with E-state index in [0.717, 1.165) is 4.96 Å². The Morgan fingerprint density at radius 1 is 1.52 bits per heavy atom. The van der Waals surface area contributed by atoms with Crippen molar-refractivity contribution in [2.75, 3.05) is 5.73 Å². The van der Waals surface area contributed by atoms with E-state index in [1.54, 1.807) is 11.6 Å². The van der Waals surface area contributed by atoms with Crippen molar-refractivity contribution in [3.63, 3.8) is 0 Å². The normalized spacial score (nSPS) is 11.1. The summed E-state index contributed by atoms with van der Waals surface area (Å²) >= 11 is 1.53. The largest absolute Gasteiger partial charge is 0.454 e. The highest BCUT2D eigenvalue weighted by Gasteiger charge is 2.20. The molecule has 0 bridgehead atoms. The molecule has 3 aromatic rings. The first-order valence-corrected chi connectivity index (χ1v) is 7.39. The lowest BCUT2D eigenvalue weighted by atomic mass is 10.3. The highest BCUT2D eigenvalue weighted by atomic mass is 32.1. The van der Waals surface area contributed by atoms with Crippen LogP contribution in [0.3, 0.4) is 0 Å². The number of nitrogens with zero attached hydrogens (tertiary/aromatic N) is 4. The van der Waals surface area contributed by atoms with E-state index in [2.05, 4.69) is 10.1 Å². The Labute approximate surface area is 125 Å². The van der Waals surface area contributed by atoms with E-state index >= 15 is 0 Å². The quantitative estimate of drug-likeness (QED) is 0.743. The van der Waals surface area contributed by atoms with Crippen molar-refractivity contribution in [2.45, 2.75) is 27.0 Å². The van der Waals surface area contributed by atoms with Gasteiger partial charge >= 0.3 is 5.97 Å². The van der Waals surface area contributed by atoms with Crippen LogP contribution >= 0.6 is 11.3 Å². The van der Waals surface area contributed by atoms with Gasteiger partial charge in [0.1, 0.15) is 6.61 Å². The van der Waals surface area contributed by atoms with Crippen LogP contribution in [0.4, 0.5) is 5.69 Å². The summed E-state index contributed by atoms with van der Waals surface area (Å²) in [6, 6.07) is 0. The number of carbonyl (C=O) groups is 1. The SMILES string of the molecule is CCn1nc(C)c(N)c1C(=O)OCc1cn2ccsc2n1. The average Bonchev–Trinajstić information content (AvgIpc) is 3.11. The summed E-state index contributed by atoms with van der Waals surface area (Å²) < 4.78 is 8.74. The zero-order valence-electron chi connectivity index (χ0n) is 11.7. The Morgan fingerprint density at radius 2 is 2.33 bits per heavy atom. The third-order valence-electron chi connectivity index (χ3n) is 3.16. The summed E-state index contributed by atoms with van der Waals surface area (Å²) in [6.45, 7) is 4.33. The number of thiazole rings is 1. The van der Waals surface area contributed by atoms with Gasteiger partial charge in [0, 0.05) is 24.3 Å². The predicted octanol–water partition coefficient (Wildman–Crippen LogP) is 1.86. The van der Waals surface area contributed by atoms with Crippen LogP contribution in [0.25, 0.3) is 4.96 Å². The molecule has 0 radical (unpaired) electrons. The molecule has 0 saturated heterocycles. The Bertz CT molecular complexity index is 772. The van der Waals surface area contributed by atoms with Gasteiger partial charge < -0.3 is 10.5 Å². The van der Waals surface area contributed by atoms with Crippen LogP contribution in [0.1, 0.15) is 28.8 Å². The molecule has 0 spiro atoms. The number of carbonyl (C=O) groups excluding carboxylic acids is 1. The molecule has 3 rings (SSSR count). The fourth-order valence-electron chi connectivity index (χ4n) is 2.09. The molecule has 3 aromatic heterocycles. The van der Waals surface area contributed by atoms with E-state index in [1.807, 2.05) is 29.1 Å². The number of esters is 1. The first-order valence-electron chi connectivity index (χ1n) is 6.51. The van der Waals surface area contributed by atoms with Gasteiger partial charge in [0.05, 0.1) is 17.1 Å². The zero-order valence-corrected chi connectivity index (χ0v) is 12.6. The van der Waals surface area contributed by atoms with Crippen LogP contribution in [0.5, 0.6) is 0 Å². The van der Waals surface area contributed by atoms with Gasteiger partial charge in [-0.3, -0.25) is 9.08 Å². The summed E-state index contributed by atoms with van der Waals surface area (Å²) in [4.78, 5) is 17.4. The summed E-state index contributed by atoms with van der Waals surface area (Å²) in [7, 11) is 0. The molecule has 2 N–H and O–H groups in total. The Kier molecular flexibility index (Phi) is 3.38. The number of nitrogens with two attached hydrogens (primary N) is 1. The van der Waals surface area contributed by atoms with Crippen molar-refractivity contribution in [3.8, 4) is 0 Å². The van der Waals surface area contributed by atoms with E-state index in [1.165, 1.54) is 11.3 Å². The first-order chi connectivity index (χ1) is 10.1. The van der Waals surface area contributed by atoms with E-state index in [9.17, 15) is 4.79 Å². The molecule has 0 amide bonds. The number of anilines is 1. The van der Waals surface area contributed by atoms with Crippen LogP contribution in [0.2, 0.25) is 0 Å². The highest BCUT2D eigenvalue weighted by Crippen LogP contribution is 2.18. The molecule has 0 atom stereocenters. The van der Waals surface area contributed by atoms with Gasteiger partial charge in [-0.25, -0.2) is 9.78 Å². The lowest BCUT2D eigenvalue weighted by Crippen LogP contribution is -2.14. The molecule has 0 aliphatic rings. The molecule has 0 saturated carbocycles. The molecule has 3 heterocycles. The molecular weight excluding hydrogens is 290 g/mol. The minimum atomic E-state index is -0.480. The fraction of sp³-hybridized carbons (Fsp3) is 0.308. The third-order valence-corrected chi connectivity index (χ3v) is 3.93. The van der Waals surface area contributed by atoms with E-state index in [4.69, 9.17) is 10.5 Å². The van der Waals surface area contributed by atoms with Crippen molar-refractivity contribution in [1.29, 1.82) is 0 Å². The number of hydrogen-bond donors (Lipinski definition) is 1. The van der Waals surface area contributed by atoms with Gasteiger partial charge in [0.25, 0.3) is 0 Å². The average molecular weight is 305 g/mol. The lowest BCUT2D eigenvalue weighted by molar-refractivity contribution is 0.0455. The summed E-state index contributed by atoms with van der Waals surface area (Å²) in [5.41, 5.74) is 7.89. The monoisotopic (exact) mass is 305 g/mol. The van der Waals surface area contributed by atoms with Crippen LogP contribution in [-0.2, 0) is 17.9 Å². The van der Waals surface area contributed by atoms with Gasteiger partial charge in [0.2, 0.25) is 0 Å². The van der Waals surface area contributed by atoms with Gasteiger partial charge in [-0.15, -0.1) is 11.3 Å². The number of ether oxygens (including phenoxy) is 1. The Balaban J connectivity index is 1.76. The molecule has 7 nitrogen and oxygen atoms in total. The molecule has 0 fully saturated rings. The number of nitrogen functional groups attached to an aromatic ring is 1. The molecule has 0 aliphatic carbocycles. The van der Waals surface area contributed by atoms with Gasteiger partial charge in [-0.05, 0) is 13.8 Å². The van der Waals surface area contributed by atoms with Crippen molar-refractivity contribution in [1.82, 2.24) is 19.2 Å². The number of aromatic nitrogens is 4. The number of fused-ring (bicyclic) bond motifs is 1. The van der Waals surface area contributed by atoms with Gasteiger partial charge in [0.15, 0.2) is 10.7 Å². The first kappa shape index (κ1) is 13.6. The smallest absolute Gasteiger partial charge is 0.359 e. The van der Waals surface area contributed by atoms with Crippen molar-refractivity contribution in [2.24, 2.45) is 0 Å². The van der Waals surface area contributed by atoms with Gasteiger partial charge in [-0.2, -0.15) is 5.10 Å². The topological polar surface area (TPSA) is 87.4 Å². The second-order valence-electron chi connectivity index (χ2n) is 4.56. The highest BCUT2D eigenvalue weighted by molar-refractivity contribution is 7.15. The standard InChI is InChI=1S/C13H15N5O2S/c1-3-18-11(10(14)8(2)16-18)12(19)20-7-9-6-17-4-5-21-13(17)15-9/h4-6H,3,7,14H2,1-2H3. The maximum atomic E-state index is 12.2. The van der Waals surface area contributed by atoms with E-state index < -0.39 is 5.97 Å². The maximum absolute atomic E-state index is 12.2. The molecule has 21 heavy (non-hydrogen) atoms. The molecule has 0 aliphatic heterocycles. The lowest BCUT2D eigenvalue weighted by Gasteiger charge is -2.05. The molecule has 8 heteroatoms. The van der Waals surface area contributed by atoms with E-state index in [0.29, 0.717) is 29.3 Å². The molecule has 110 valence electrons. The van der Waals surface area contributed by atoms with Crippen molar-refractivity contribution in [3.05, 3.63) is 34.9 Å². The second-order valence-corrected chi connectivity index (χ2v) is 5.44. The zero-order chi connectivity index (χ0) is 15.0. The number of rotatable bonds is 4. The van der Waals surface area contributed by atoms with Gasteiger partial charge in [-0.1, -0.05) is 0 Å². The molecule has 0 aromatic carbocycles. The minimum Gasteiger partial charge on any atom is -0.454 e. The van der Waals surface area contributed by atoms with Crippen molar-refractivity contribution < 1.29 is 9.53 Å². The summed E-state index contributed by atoms with van der Waals surface area (Å²) in [5, 5.41) is 6.15. The Hall–Kier alpha value is -2.35. The number of imidazole rings is 1.